The third-order valence-electron chi connectivity index (χ3n) is 2.48. The zero-order valence-electron chi connectivity index (χ0n) is 10.9. The van der Waals surface area contributed by atoms with Crippen LogP contribution in [0.5, 0.6) is 0 Å². The topological polar surface area (TPSA) is 66.5 Å². The molecule has 0 aliphatic heterocycles. The van der Waals surface area contributed by atoms with Gasteiger partial charge in [0.2, 0.25) is 5.91 Å². The maximum absolute atomic E-state index is 12.0. The van der Waals surface area contributed by atoms with Crippen LogP contribution < -0.4 is 5.32 Å². The van der Waals surface area contributed by atoms with Crippen molar-refractivity contribution in [1.29, 1.82) is 0 Å². The Bertz CT molecular complexity index is 334. The van der Waals surface area contributed by atoms with E-state index in [4.69, 9.17) is 0 Å². The second kappa shape index (κ2) is 7.98. The Morgan fingerprint density at radius 3 is 2.11 bits per heavy atom. The van der Waals surface area contributed by atoms with Crippen LogP contribution in [-0.4, -0.2) is 45.4 Å². The average Bonchev–Trinajstić information content (AvgIpc) is 2.27. The maximum atomic E-state index is 12.0. The molecule has 0 spiro atoms. The number of carbonyl (C=O) groups excluding carboxylic acids is 3. The molecule has 104 valence electrons. The summed E-state index contributed by atoms with van der Waals surface area (Å²) in [7, 11) is 1.50. The molecule has 2 amide bonds. The number of alkyl halides is 1. The highest BCUT2D eigenvalue weighted by molar-refractivity contribution is 14.1. The van der Waals surface area contributed by atoms with Crippen LogP contribution in [0, 0.1) is 5.92 Å². The summed E-state index contributed by atoms with van der Waals surface area (Å²) in [5.41, 5.74) is 0. The zero-order chi connectivity index (χ0) is 14.5. The van der Waals surface area contributed by atoms with Gasteiger partial charge in [0, 0.05) is 19.5 Å². The smallest absolute Gasteiger partial charge is 0.278 e. The summed E-state index contributed by atoms with van der Waals surface area (Å²) < 4.78 is -0.237. The quantitative estimate of drug-likeness (QED) is 0.413. The molecule has 18 heavy (non-hydrogen) atoms. The highest BCUT2D eigenvalue weighted by Crippen LogP contribution is 2.10. The summed E-state index contributed by atoms with van der Waals surface area (Å²) in [4.78, 5) is 35.9. The van der Waals surface area contributed by atoms with Crippen molar-refractivity contribution in [2.45, 2.75) is 30.7 Å². The molecule has 0 aliphatic carbocycles. The SMILES string of the molecule is CC(C)C(=O)NC[C@@H](C(=O)C(C)I)N(C)C(=O)S. The molecule has 0 fully saturated rings. The molecule has 0 rings (SSSR count). The van der Waals surface area contributed by atoms with Crippen molar-refractivity contribution in [2.24, 2.45) is 5.92 Å². The van der Waals surface area contributed by atoms with Crippen molar-refractivity contribution in [3.63, 3.8) is 0 Å². The van der Waals surface area contributed by atoms with Gasteiger partial charge in [-0.1, -0.05) is 49.1 Å². The minimum Gasteiger partial charge on any atom is -0.353 e. The second-order valence-electron chi connectivity index (χ2n) is 4.33. The summed E-state index contributed by atoms with van der Waals surface area (Å²) in [6, 6.07) is -0.676. The fourth-order valence-corrected chi connectivity index (χ4v) is 1.78. The van der Waals surface area contributed by atoms with Crippen molar-refractivity contribution in [2.75, 3.05) is 13.6 Å². The van der Waals surface area contributed by atoms with E-state index in [1.165, 1.54) is 11.9 Å². The molecule has 5 nitrogen and oxygen atoms in total. The van der Waals surface area contributed by atoms with E-state index in [1.807, 2.05) is 22.6 Å². The Morgan fingerprint density at radius 1 is 1.28 bits per heavy atom. The summed E-state index contributed by atoms with van der Waals surface area (Å²) in [5.74, 6) is -0.409. The monoisotopic (exact) mass is 386 g/mol. The third kappa shape index (κ3) is 5.55. The predicted octanol–water partition coefficient (Wildman–Crippen LogP) is 1.50. The fraction of sp³-hybridized carbons (Fsp3) is 0.727. The number of ketones is 1. The molecule has 0 aromatic rings. The minimum absolute atomic E-state index is 0.107. The Labute approximate surface area is 127 Å². The summed E-state index contributed by atoms with van der Waals surface area (Å²) in [5, 5.41) is 2.17. The largest absolute Gasteiger partial charge is 0.353 e. The van der Waals surface area contributed by atoms with E-state index in [-0.39, 0.29) is 28.1 Å². The lowest BCUT2D eigenvalue weighted by molar-refractivity contribution is -0.125. The van der Waals surface area contributed by atoms with Gasteiger partial charge < -0.3 is 10.2 Å². The number of halogens is 1. The lowest BCUT2D eigenvalue weighted by Crippen LogP contribution is -2.50. The van der Waals surface area contributed by atoms with Gasteiger partial charge in [-0.3, -0.25) is 14.4 Å². The molecule has 0 heterocycles. The van der Waals surface area contributed by atoms with Gasteiger partial charge in [-0.15, -0.1) is 0 Å². The van der Waals surface area contributed by atoms with Crippen molar-refractivity contribution < 1.29 is 14.4 Å². The summed E-state index contributed by atoms with van der Waals surface area (Å²) >= 11 is 5.69. The van der Waals surface area contributed by atoms with Gasteiger partial charge in [-0.25, -0.2) is 0 Å². The number of Topliss-reactive ketones (excluding diaryl/α,β-unsaturated/α-hetero) is 1. The Morgan fingerprint density at radius 2 is 1.78 bits per heavy atom. The molecule has 0 saturated heterocycles. The standard InChI is InChI=1S/C11H19IN2O3S/c1-6(2)10(16)13-5-8(9(15)7(3)12)14(4)11(17)18/h6-8H,5H2,1-4H3,(H,13,16)(H,17,18)/t7?,8-/m0/s1. The number of carbonyl (C=O) groups is 3. The molecule has 0 bridgehead atoms. The number of rotatable bonds is 6. The van der Waals surface area contributed by atoms with Gasteiger partial charge in [-0.05, 0) is 6.92 Å². The number of hydrogen-bond acceptors (Lipinski definition) is 3. The molecule has 7 heteroatoms. The average molecular weight is 386 g/mol. The van der Waals surface area contributed by atoms with E-state index >= 15 is 0 Å². The van der Waals surface area contributed by atoms with E-state index in [0.717, 1.165) is 0 Å². The zero-order valence-corrected chi connectivity index (χ0v) is 14.0. The van der Waals surface area contributed by atoms with Crippen LogP contribution in [0.1, 0.15) is 20.8 Å². The lowest BCUT2D eigenvalue weighted by atomic mass is 10.1. The van der Waals surface area contributed by atoms with E-state index in [0.29, 0.717) is 0 Å². The highest BCUT2D eigenvalue weighted by Gasteiger charge is 2.28. The van der Waals surface area contributed by atoms with Crippen LogP contribution >= 0.6 is 35.2 Å². The molecular weight excluding hydrogens is 367 g/mol. The lowest BCUT2D eigenvalue weighted by Gasteiger charge is -2.27. The first-order valence-electron chi connectivity index (χ1n) is 5.59. The van der Waals surface area contributed by atoms with Crippen molar-refractivity contribution in [3.8, 4) is 0 Å². The van der Waals surface area contributed by atoms with Gasteiger partial charge in [0.05, 0.1) is 3.92 Å². The van der Waals surface area contributed by atoms with E-state index in [9.17, 15) is 14.4 Å². The van der Waals surface area contributed by atoms with Gasteiger partial charge in [0.1, 0.15) is 6.04 Å². The van der Waals surface area contributed by atoms with Crippen molar-refractivity contribution in [1.82, 2.24) is 10.2 Å². The molecule has 0 saturated carbocycles. The van der Waals surface area contributed by atoms with Crippen LogP contribution in [0.25, 0.3) is 0 Å². The maximum Gasteiger partial charge on any atom is 0.278 e. The molecule has 1 N–H and O–H groups in total. The van der Waals surface area contributed by atoms with Crippen molar-refractivity contribution in [3.05, 3.63) is 0 Å². The number of nitrogens with one attached hydrogen (secondary N) is 1. The predicted molar refractivity (Wildman–Crippen MR) is 82.3 cm³/mol. The number of thiol groups is 1. The summed E-state index contributed by atoms with van der Waals surface area (Å²) in [6.45, 7) is 5.39. The van der Waals surface area contributed by atoms with Crippen LogP contribution in [-0.2, 0) is 9.59 Å². The Kier molecular flexibility index (Phi) is 7.84. The number of nitrogens with zero attached hydrogens (tertiary/aromatic N) is 1. The molecule has 0 aromatic carbocycles. The van der Waals surface area contributed by atoms with Gasteiger partial charge in [0.15, 0.2) is 5.78 Å². The first kappa shape index (κ1) is 17.7. The fourth-order valence-electron chi connectivity index (χ4n) is 1.23. The van der Waals surface area contributed by atoms with E-state index in [1.54, 1.807) is 20.8 Å². The molecule has 2 atom stereocenters. The molecule has 0 radical (unpaired) electrons. The minimum atomic E-state index is -0.676. The Balaban J connectivity index is 4.74. The Hall–Kier alpha value is -0.310. The van der Waals surface area contributed by atoms with Gasteiger partial charge in [-0.2, -0.15) is 0 Å². The first-order chi connectivity index (χ1) is 8.18. The van der Waals surface area contributed by atoms with Crippen LogP contribution in [0.4, 0.5) is 4.79 Å². The molecule has 0 aliphatic rings. The van der Waals surface area contributed by atoms with Crippen molar-refractivity contribution >= 4 is 52.1 Å². The van der Waals surface area contributed by atoms with Crippen LogP contribution in [0.2, 0.25) is 0 Å². The van der Waals surface area contributed by atoms with Crippen LogP contribution in [0.3, 0.4) is 0 Å². The molecule has 1 unspecified atom stereocenters. The highest BCUT2D eigenvalue weighted by atomic mass is 127. The third-order valence-corrected chi connectivity index (χ3v) is 3.41. The normalized spacial score (nSPS) is 13.9. The van der Waals surface area contributed by atoms with Gasteiger partial charge >= 0.3 is 0 Å². The number of hydrogen-bond donors (Lipinski definition) is 2. The summed E-state index contributed by atoms with van der Waals surface area (Å²) in [6.07, 6.45) is 0. The van der Waals surface area contributed by atoms with Gasteiger partial charge in [0.25, 0.3) is 5.24 Å². The first-order valence-corrected chi connectivity index (χ1v) is 7.29. The number of likely N-dealkylation sites (N-methyl/N-ethyl adjacent to an activating group) is 1. The second-order valence-corrected chi connectivity index (χ2v) is 6.58. The number of amides is 2. The van der Waals surface area contributed by atoms with E-state index < -0.39 is 11.3 Å². The van der Waals surface area contributed by atoms with Crippen LogP contribution in [0.15, 0.2) is 0 Å². The molecular formula is C11H19IN2O3S. The van der Waals surface area contributed by atoms with E-state index in [2.05, 4.69) is 17.9 Å². The molecule has 0 aromatic heterocycles.